The van der Waals surface area contributed by atoms with E-state index in [1.54, 1.807) is 0 Å². The number of aryl methyl sites for hydroxylation is 3. The number of aromatic nitrogens is 1. The lowest BCUT2D eigenvalue weighted by molar-refractivity contribution is 0.660. The fourth-order valence-electron chi connectivity index (χ4n) is 5.80. The van der Waals surface area contributed by atoms with Crippen LogP contribution in [0.3, 0.4) is 0 Å². The molecule has 0 spiro atoms. The van der Waals surface area contributed by atoms with Gasteiger partial charge in [0, 0.05) is 16.5 Å². The number of nitrogens with zero attached hydrogens (tertiary/aromatic N) is 1. The van der Waals surface area contributed by atoms with Crippen molar-refractivity contribution in [1.82, 2.24) is 4.57 Å². The third-order valence-corrected chi connectivity index (χ3v) is 7.57. The summed E-state index contributed by atoms with van der Waals surface area (Å²) in [6, 6.07) is 33.0. The molecule has 0 fully saturated rings. The smallest absolute Gasteiger partial charge is 0.200 e. The van der Waals surface area contributed by atoms with Gasteiger partial charge in [-0.25, -0.2) is 0 Å². The van der Waals surface area contributed by atoms with Crippen molar-refractivity contribution in [3.8, 4) is 16.8 Å². The van der Waals surface area contributed by atoms with Crippen LogP contribution in [-0.4, -0.2) is 4.57 Å². The number of hydrogen-bond acceptors (Lipinski definition) is 2. The zero-order chi connectivity index (χ0) is 25.3. The molecule has 0 saturated carbocycles. The molecule has 178 valence electrons. The lowest BCUT2D eigenvalue weighted by Gasteiger charge is -2.14. The van der Waals surface area contributed by atoms with E-state index >= 15 is 0 Å². The summed E-state index contributed by atoms with van der Waals surface area (Å²) >= 11 is 0. The van der Waals surface area contributed by atoms with Crippen LogP contribution in [0.4, 0.5) is 0 Å². The summed E-state index contributed by atoms with van der Waals surface area (Å²) in [5, 5.41) is 3.77. The Hall–Kier alpha value is -4.63. The highest BCUT2D eigenvalue weighted by atomic mass is 16.3. The molecule has 2 aromatic heterocycles. The van der Waals surface area contributed by atoms with Gasteiger partial charge in [-0.3, -0.25) is 4.79 Å². The van der Waals surface area contributed by atoms with Gasteiger partial charge in [-0.15, -0.1) is 0 Å². The van der Waals surface area contributed by atoms with E-state index in [0.29, 0.717) is 21.9 Å². The predicted octanol–water partition coefficient (Wildman–Crippen LogP) is 8.64. The normalized spacial score (nSPS) is 11.8. The van der Waals surface area contributed by atoms with Crippen LogP contribution in [0.15, 0.2) is 106 Å². The van der Waals surface area contributed by atoms with Crippen molar-refractivity contribution < 1.29 is 4.42 Å². The van der Waals surface area contributed by atoms with Crippen LogP contribution in [0.2, 0.25) is 0 Å². The first-order valence-corrected chi connectivity index (χ1v) is 12.6. The molecule has 0 aliphatic heterocycles. The van der Waals surface area contributed by atoms with Crippen molar-refractivity contribution in [3.63, 3.8) is 0 Å². The molecule has 0 N–H and O–H groups in total. The van der Waals surface area contributed by atoms with Crippen molar-refractivity contribution >= 4 is 43.7 Å². The first kappa shape index (κ1) is 21.6. The summed E-state index contributed by atoms with van der Waals surface area (Å²) in [4.78, 5) is 13.0. The fraction of sp³-hybridized carbons (Fsp3) is 0.0882. The van der Waals surface area contributed by atoms with Gasteiger partial charge in [0.15, 0.2) is 0 Å². The Balaban J connectivity index is 1.43. The fourth-order valence-corrected chi connectivity index (χ4v) is 5.80. The second kappa shape index (κ2) is 7.94. The van der Waals surface area contributed by atoms with Crippen LogP contribution in [0.25, 0.3) is 60.6 Å². The van der Waals surface area contributed by atoms with Gasteiger partial charge >= 0.3 is 0 Å². The Morgan fingerprint density at radius 1 is 0.568 bits per heavy atom. The molecule has 7 rings (SSSR count). The summed E-state index contributed by atoms with van der Waals surface area (Å²) in [6.45, 7) is 6.51. The van der Waals surface area contributed by atoms with Crippen LogP contribution in [0.5, 0.6) is 0 Å². The maximum Gasteiger partial charge on any atom is 0.200 e. The Morgan fingerprint density at radius 2 is 1.22 bits per heavy atom. The monoisotopic (exact) mass is 479 g/mol. The minimum atomic E-state index is 0.00701. The molecule has 0 bridgehead atoms. The van der Waals surface area contributed by atoms with Gasteiger partial charge in [0.1, 0.15) is 11.2 Å². The molecule has 0 radical (unpaired) electrons. The average molecular weight is 480 g/mol. The Bertz CT molecular complexity index is 2030. The van der Waals surface area contributed by atoms with Gasteiger partial charge in [0.05, 0.1) is 21.8 Å². The third kappa shape index (κ3) is 3.17. The first-order chi connectivity index (χ1) is 18.0. The number of para-hydroxylation sites is 3. The zero-order valence-electron chi connectivity index (χ0n) is 21.0. The largest absolute Gasteiger partial charge is 0.456 e. The van der Waals surface area contributed by atoms with Crippen molar-refractivity contribution in [2.75, 3.05) is 0 Å². The van der Waals surface area contributed by atoms with E-state index in [9.17, 15) is 4.79 Å². The number of hydrogen-bond donors (Lipinski definition) is 0. The summed E-state index contributed by atoms with van der Waals surface area (Å²) in [5.74, 6) is 0. The predicted molar refractivity (Wildman–Crippen MR) is 154 cm³/mol. The molecule has 3 nitrogen and oxygen atoms in total. The van der Waals surface area contributed by atoms with Gasteiger partial charge in [0.25, 0.3) is 0 Å². The van der Waals surface area contributed by atoms with Gasteiger partial charge in [0.2, 0.25) is 5.43 Å². The topological polar surface area (TPSA) is 35.1 Å². The van der Waals surface area contributed by atoms with Crippen LogP contribution in [0.1, 0.15) is 16.7 Å². The molecule has 0 atom stereocenters. The van der Waals surface area contributed by atoms with Crippen molar-refractivity contribution in [1.29, 1.82) is 0 Å². The molecule has 0 unspecified atom stereocenters. The molecule has 0 saturated heterocycles. The zero-order valence-corrected chi connectivity index (χ0v) is 21.0. The van der Waals surface area contributed by atoms with Crippen LogP contribution in [0, 0.1) is 20.8 Å². The van der Waals surface area contributed by atoms with Crippen molar-refractivity contribution in [3.05, 3.63) is 124 Å². The van der Waals surface area contributed by atoms with E-state index in [1.165, 1.54) is 32.9 Å². The van der Waals surface area contributed by atoms with E-state index < -0.39 is 0 Å². The van der Waals surface area contributed by atoms with E-state index in [0.717, 1.165) is 22.4 Å². The molecule has 2 heterocycles. The maximum absolute atomic E-state index is 13.0. The highest BCUT2D eigenvalue weighted by Gasteiger charge is 2.16. The van der Waals surface area contributed by atoms with Crippen molar-refractivity contribution in [2.45, 2.75) is 20.8 Å². The molecule has 37 heavy (non-hydrogen) atoms. The molecular weight excluding hydrogens is 454 g/mol. The van der Waals surface area contributed by atoms with E-state index in [-0.39, 0.29) is 5.43 Å². The summed E-state index contributed by atoms with van der Waals surface area (Å²) in [7, 11) is 0. The lowest BCUT2D eigenvalue weighted by Crippen LogP contribution is -2.02. The molecule has 3 heteroatoms. The van der Waals surface area contributed by atoms with Crippen molar-refractivity contribution in [2.24, 2.45) is 0 Å². The summed E-state index contributed by atoms with van der Waals surface area (Å²) in [5.41, 5.74) is 10.7. The van der Waals surface area contributed by atoms with Crippen LogP contribution in [-0.2, 0) is 0 Å². The Labute approximate surface area is 214 Å². The van der Waals surface area contributed by atoms with E-state index in [4.69, 9.17) is 4.42 Å². The molecule has 7 aromatic rings. The van der Waals surface area contributed by atoms with Gasteiger partial charge in [-0.05, 0) is 85.0 Å². The number of rotatable bonds is 2. The SMILES string of the molecule is Cc1cc(-n2c3c(C)cccc3c3cccc(C)c32)ccc1-c1ccc2c(=O)c3ccccc3oc2c1. The Morgan fingerprint density at radius 3 is 1.92 bits per heavy atom. The average Bonchev–Trinajstić information content (AvgIpc) is 3.26. The summed E-state index contributed by atoms with van der Waals surface area (Å²) < 4.78 is 8.53. The van der Waals surface area contributed by atoms with E-state index in [2.05, 4.69) is 79.9 Å². The third-order valence-electron chi connectivity index (χ3n) is 7.57. The standard InChI is InChI=1S/C34H25NO2/c1-20-8-6-11-26-27-12-7-9-21(2)33(27)35(32(20)26)24-15-17-25(22(3)18-24)23-14-16-29-31(19-23)37-30-13-5-4-10-28(30)34(29)36/h4-19H,1-3H3. The van der Waals surface area contributed by atoms with Gasteiger partial charge in [-0.2, -0.15) is 0 Å². The lowest BCUT2D eigenvalue weighted by atomic mass is 9.98. The van der Waals surface area contributed by atoms with E-state index in [1.807, 2.05) is 42.5 Å². The highest BCUT2D eigenvalue weighted by Crippen LogP contribution is 2.37. The van der Waals surface area contributed by atoms with Crippen LogP contribution < -0.4 is 5.43 Å². The van der Waals surface area contributed by atoms with Gasteiger partial charge < -0.3 is 8.98 Å². The van der Waals surface area contributed by atoms with Crippen LogP contribution >= 0.6 is 0 Å². The molecule has 0 aliphatic carbocycles. The molecule has 5 aromatic carbocycles. The minimum Gasteiger partial charge on any atom is -0.456 e. The quantitative estimate of drug-likeness (QED) is 0.233. The second-order valence-electron chi connectivity index (χ2n) is 9.92. The Kier molecular flexibility index (Phi) is 4.64. The second-order valence-corrected chi connectivity index (χ2v) is 9.92. The van der Waals surface area contributed by atoms with Gasteiger partial charge in [-0.1, -0.05) is 60.7 Å². The highest BCUT2D eigenvalue weighted by molar-refractivity contribution is 6.11. The number of fused-ring (bicyclic) bond motifs is 5. The molecular formula is C34H25NO2. The summed E-state index contributed by atoms with van der Waals surface area (Å²) in [6.07, 6.45) is 0. The minimum absolute atomic E-state index is 0.00701. The molecule has 0 aliphatic rings. The maximum atomic E-state index is 13.0. The number of benzene rings is 5. The molecule has 0 amide bonds. The first-order valence-electron chi connectivity index (χ1n) is 12.6.